The summed E-state index contributed by atoms with van der Waals surface area (Å²) < 4.78 is 7.78. The van der Waals surface area contributed by atoms with Crippen molar-refractivity contribution >= 4 is 17.0 Å². The Morgan fingerprint density at radius 1 is 1.32 bits per heavy atom. The smallest absolute Gasteiger partial charge is 0.407 e. The third-order valence-electron chi connectivity index (χ3n) is 5.49. The van der Waals surface area contributed by atoms with E-state index in [0.29, 0.717) is 19.0 Å². The molecule has 0 spiro atoms. The summed E-state index contributed by atoms with van der Waals surface area (Å²) in [5, 5.41) is 14.6. The van der Waals surface area contributed by atoms with Crippen LogP contribution in [0.2, 0.25) is 0 Å². The number of carboxylic acid groups (broad SMARTS) is 1. The highest BCUT2D eigenvalue weighted by atomic mass is 16.5. The maximum Gasteiger partial charge on any atom is 0.407 e. The van der Waals surface area contributed by atoms with Gasteiger partial charge in [-0.05, 0) is 37.5 Å². The van der Waals surface area contributed by atoms with Gasteiger partial charge in [0, 0.05) is 42.7 Å². The van der Waals surface area contributed by atoms with E-state index in [1.165, 1.54) is 4.90 Å². The Labute approximate surface area is 163 Å². The molecular weight excluding hydrogens is 356 g/mol. The molecule has 1 unspecified atom stereocenters. The van der Waals surface area contributed by atoms with Crippen LogP contribution >= 0.6 is 0 Å². The van der Waals surface area contributed by atoms with Gasteiger partial charge in [0.1, 0.15) is 6.61 Å². The summed E-state index contributed by atoms with van der Waals surface area (Å²) in [5.74, 6) is 0.843. The number of nitrogens with zero attached hydrogens (tertiary/aromatic N) is 4. The van der Waals surface area contributed by atoms with Crippen molar-refractivity contribution in [3.63, 3.8) is 0 Å². The van der Waals surface area contributed by atoms with E-state index in [1.807, 2.05) is 55.2 Å². The van der Waals surface area contributed by atoms with Crippen LogP contribution in [0.1, 0.15) is 36.9 Å². The molecule has 1 aromatic carbocycles. The van der Waals surface area contributed by atoms with Gasteiger partial charge >= 0.3 is 6.09 Å². The van der Waals surface area contributed by atoms with E-state index < -0.39 is 6.09 Å². The average molecular weight is 380 g/mol. The van der Waals surface area contributed by atoms with Gasteiger partial charge in [-0.2, -0.15) is 5.10 Å². The predicted molar refractivity (Wildman–Crippen MR) is 105 cm³/mol. The number of aryl methyl sites for hydroxylation is 1. The number of rotatable bonds is 4. The Balaban J connectivity index is 1.43. The second-order valence-corrected chi connectivity index (χ2v) is 7.40. The molecule has 1 aliphatic rings. The highest BCUT2D eigenvalue weighted by Gasteiger charge is 2.30. The minimum Gasteiger partial charge on any atom is -0.473 e. The molecule has 1 aliphatic heterocycles. The van der Waals surface area contributed by atoms with E-state index in [4.69, 9.17) is 4.74 Å². The van der Waals surface area contributed by atoms with Gasteiger partial charge in [0.2, 0.25) is 5.88 Å². The van der Waals surface area contributed by atoms with Crippen molar-refractivity contribution in [2.75, 3.05) is 6.54 Å². The highest BCUT2D eigenvalue weighted by Crippen LogP contribution is 2.31. The molecule has 1 amide bonds. The number of carbonyl (C=O) groups is 1. The lowest BCUT2D eigenvalue weighted by atomic mass is 9.89. The van der Waals surface area contributed by atoms with E-state index in [9.17, 15) is 9.90 Å². The third-order valence-corrected chi connectivity index (χ3v) is 5.49. The van der Waals surface area contributed by atoms with Crippen LogP contribution in [-0.4, -0.2) is 43.5 Å². The van der Waals surface area contributed by atoms with E-state index in [0.717, 1.165) is 35.0 Å². The highest BCUT2D eigenvalue weighted by molar-refractivity contribution is 5.79. The topological polar surface area (TPSA) is 80.5 Å². The quantitative estimate of drug-likeness (QED) is 0.745. The molecule has 2 aromatic heterocycles. The van der Waals surface area contributed by atoms with E-state index in [2.05, 4.69) is 16.1 Å². The van der Waals surface area contributed by atoms with Gasteiger partial charge in [-0.1, -0.05) is 18.2 Å². The number of hydrogen-bond donors (Lipinski definition) is 1. The van der Waals surface area contributed by atoms with Crippen LogP contribution in [0, 0.1) is 0 Å². The average Bonchev–Trinajstić information content (AvgIpc) is 3.06. The maximum absolute atomic E-state index is 11.3. The Morgan fingerprint density at radius 2 is 2.18 bits per heavy atom. The Morgan fingerprint density at radius 3 is 2.96 bits per heavy atom. The first kappa shape index (κ1) is 18.3. The fourth-order valence-electron chi connectivity index (χ4n) is 3.90. The molecule has 3 aromatic rings. The summed E-state index contributed by atoms with van der Waals surface area (Å²) in [4.78, 5) is 17.4. The number of benzene rings is 1. The van der Waals surface area contributed by atoms with Crippen LogP contribution in [0.15, 0.2) is 42.6 Å². The summed E-state index contributed by atoms with van der Waals surface area (Å²) >= 11 is 0. The zero-order valence-electron chi connectivity index (χ0n) is 16.1. The molecule has 2 atom stereocenters. The molecule has 0 saturated carbocycles. The van der Waals surface area contributed by atoms with E-state index in [1.54, 1.807) is 0 Å². The van der Waals surface area contributed by atoms with Crippen molar-refractivity contribution in [1.82, 2.24) is 19.7 Å². The molecular formula is C21H24N4O3. The summed E-state index contributed by atoms with van der Waals surface area (Å²) in [7, 11) is 1.93. The number of hydrogen-bond acceptors (Lipinski definition) is 4. The first-order valence-electron chi connectivity index (χ1n) is 9.51. The SMILES string of the molecule is C[C@H]1CC(c2cccc(OCc3ccc4cnn(C)c4c3)n2)CCN1C(=O)O. The van der Waals surface area contributed by atoms with Gasteiger partial charge in [-0.3, -0.25) is 4.68 Å². The van der Waals surface area contributed by atoms with Crippen LogP contribution < -0.4 is 4.74 Å². The molecule has 28 heavy (non-hydrogen) atoms. The summed E-state index contributed by atoms with van der Waals surface area (Å²) in [6.07, 6.45) is 2.56. The lowest BCUT2D eigenvalue weighted by molar-refractivity contribution is 0.106. The predicted octanol–water partition coefficient (Wildman–Crippen LogP) is 3.79. The Kier molecular flexibility index (Phi) is 4.90. The van der Waals surface area contributed by atoms with Crippen LogP contribution in [0.25, 0.3) is 10.9 Å². The lowest BCUT2D eigenvalue weighted by Crippen LogP contribution is -2.43. The standard InChI is InChI=1S/C21H24N4O3/c1-14-10-16(8-9-25(14)21(26)27)18-4-3-5-20(23-18)28-13-15-6-7-17-12-22-24(2)19(17)11-15/h3-7,11-12,14,16H,8-10,13H2,1-2H3,(H,26,27)/t14-,16?/m0/s1. The number of pyridine rings is 1. The largest absolute Gasteiger partial charge is 0.473 e. The van der Waals surface area contributed by atoms with E-state index in [-0.39, 0.29) is 12.0 Å². The minimum atomic E-state index is -0.846. The van der Waals surface area contributed by atoms with Crippen molar-refractivity contribution in [2.24, 2.45) is 7.05 Å². The number of amides is 1. The zero-order chi connectivity index (χ0) is 19.7. The van der Waals surface area contributed by atoms with Gasteiger partial charge in [-0.15, -0.1) is 0 Å². The van der Waals surface area contributed by atoms with E-state index >= 15 is 0 Å². The zero-order valence-corrected chi connectivity index (χ0v) is 16.1. The number of likely N-dealkylation sites (tertiary alicyclic amines) is 1. The molecule has 0 aliphatic carbocycles. The Bertz CT molecular complexity index is 1000. The first-order chi connectivity index (χ1) is 13.5. The first-order valence-corrected chi connectivity index (χ1v) is 9.51. The van der Waals surface area contributed by atoms with Crippen LogP contribution in [-0.2, 0) is 13.7 Å². The molecule has 1 N–H and O–H groups in total. The van der Waals surface area contributed by atoms with Crippen molar-refractivity contribution in [3.05, 3.63) is 53.9 Å². The fourth-order valence-corrected chi connectivity index (χ4v) is 3.90. The molecule has 0 bridgehead atoms. The monoisotopic (exact) mass is 380 g/mol. The van der Waals surface area contributed by atoms with Crippen molar-refractivity contribution < 1.29 is 14.6 Å². The van der Waals surface area contributed by atoms with Crippen molar-refractivity contribution in [3.8, 4) is 5.88 Å². The third kappa shape index (κ3) is 3.65. The second-order valence-electron chi connectivity index (χ2n) is 7.40. The number of piperidine rings is 1. The molecule has 3 heterocycles. The molecule has 1 fully saturated rings. The maximum atomic E-state index is 11.3. The molecule has 4 rings (SSSR count). The number of fused-ring (bicyclic) bond motifs is 1. The molecule has 7 nitrogen and oxygen atoms in total. The van der Waals surface area contributed by atoms with Crippen molar-refractivity contribution in [1.29, 1.82) is 0 Å². The van der Waals surface area contributed by atoms with Gasteiger partial charge in [-0.25, -0.2) is 9.78 Å². The second kappa shape index (κ2) is 7.50. The summed E-state index contributed by atoms with van der Waals surface area (Å²) in [6, 6.07) is 12.0. The van der Waals surface area contributed by atoms with Crippen LogP contribution in [0.5, 0.6) is 5.88 Å². The van der Waals surface area contributed by atoms with Gasteiger partial charge in [0.15, 0.2) is 0 Å². The lowest BCUT2D eigenvalue weighted by Gasteiger charge is -2.35. The van der Waals surface area contributed by atoms with Crippen molar-refractivity contribution in [2.45, 2.75) is 38.3 Å². The molecule has 146 valence electrons. The minimum absolute atomic E-state index is 0.00625. The fraction of sp³-hybridized carbons (Fsp3) is 0.381. The Hall–Kier alpha value is -3.09. The van der Waals surface area contributed by atoms with Crippen LogP contribution in [0.3, 0.4) is 0 Å². The summed E-state index contributed by atoms with van der Waals surface area (Å²) in [6.45, 7) is 2.93. The van der Waals surface area contributed by atoms with Gasteiger partial charge in [0.05, 0.1) is 11.7 Å². The van der Waals surface area contributed by atoms with Gasteiger partial charge < -0.3 is 14.7 Å². The molecule has 7 heteroatoms. The summed E-state index contributed by atoms with van der Waals surface area (Å²) in [5.41, 5.74) is 3.10. The van der Waals surface area contributed by atoms with Crippen LogP contribution in [0.4, 0.5) is 4.79 Å². The number of ether oxygens (including phenoxy) is 1. The molecule has 1 saturated heterocycles. The normalized spacial score (nSPS) is 19.7. The van der Waals surface area contributed by atoms with Gasteiger partial charge in [0.25, 0.3) is 0 Å². The number of aromatic nitrogens is 3. The molecule has 0 radical (unpaired) electrons.